The Bertz CT molecular complexity index is 1630. The van der Waals surface area contributed by atoms with Gasteiger partial charge in [-0.1, -0.05) is 0 Å². The normalized spacial score (nSPS) is 19.0. The zero-order chi connectivity index (χ0) is 30.6. The fraction of sp³-hybridized carbons (Fsp3) is 0.412. The molecular weight excluding hydrogens is 568 g/mol. The third kappa shape index (κ3) is 6.58. The summed E-state index contributed by atoms with van der Waals surface area (Å²) in [6, 6.07) is 17.5. The Morgan fingerprint density at radius 2 is 1.58 bits per heavy atom. The number of imidazole rings is 1. The van der Waals surface area contributed by atoms with Crippen LogP contribution in [0, 0.1) is 0 Å². The highest BCUT2D eigenvalue weighted by Gasteiger charge is 2.25. The third-order valence-corrected chi connectivity index (χ3v) is 9.02. The van der Waals surface area contributed by atoms with E-state index in [1.807, 2.05) is 47.4 Å². The average molecular weight is 609 g/mol. The second kappa shape index (κ2) is 13.2. The zero-order valence-corrected chi connectivity index (χ0v) is 25.5. The number of hydrogen-bond acceptors (Lipinski definition) is 8. The number of aromatic nitrogens is 3. The Morgan fingerprint density at radius 1 is 0.844 bits per heavy atom. The van der Waals surface area contributed by atoms with Crippen LogP contribution in [0.15, 0.2) is 60.9 Å². The first-order valence-corrected chi connectivity index (χ1v) is 16.1. The molecule has 5 heterocycles. The number of fused-ring (bicyclic) bond motifs is 1. The van der Waals surface area contributed by atoms with Gasteiger partial charge in [0.25, 0.3) is 11.8 Å². The van der Waals surface area contributed by atoms with Crippen LogP contribution in [0.5, 0.6) is 0 Å². The third-order valence-electron chi connectivity index (χ3n) is 9.02. The molecule has 11 heteroatoms. The van der Waals surface area contributed by atoms with Crippen molar-refractivity contribution in [2.75, 3.05) is 67.6 Å². The number of ether oxygens (including phenoxy) is 1. The summed E-state index contributed by atoms with van der Waals surface area (Å²) in [5.41, 5.74) is 4.96. The monoisotopic (exact) mass is 608 g/mol. The lowest BCUT2D eigenvalue weighted by atomic mass is 10.0. The molecular formula is C34H40N8O3. The van der Waals surface area contributed by atoms with Gasteiger partial charge in [0.1, 0.15) is 11.3 Å². The molecule has 0 spiro atoms. The molecule has 3 aliphatic heterocycles. The van der Waals surface area contributed by atoms with Crippen LogP contribution in [-0.4, -0.2) is 90.2 Å². The van der Waals surface area contributed by atoms with E-state index in [4.69, 9.17) is 9.72 Å². The van der Waals surface area contributed by atoms with Crippen molar-refractivity contribution < 1.29 is 14.3 Å². The van der Waals surface area contributed by atoms with E-state index in [9.17, 15) is 9.59 Å². The van der Waals surface area contributed by atoms with E-state index < -0.39 is 0 Å². The Hall–Kier alpha value is -4.64. The van der Waals surface area contributed by atoms with Gasteiger partial charge in [0.15, 0.2) is 5.82 Å². The average Bonchev–Trinajstić information content (AvgIpc) is 3.59. The van der Waals surface area contributed by atoms with Crippen molar-refractivity contribution in [1.29, 1.82) is 0 Å². The lowest BCUT2D eigenvalue weighted by Crippen LogP contribution is -2.48. The molecule has 2 aromatic heterocycles. The Kier molecular flexibility index (Phi) is 8.50. The molecule has 3 aliphatic rings. The van der Waals surface area contributed by atoms with Gasteiger partial charge < -0.3 is 35.1 Å². The minimum absolute atomic E-state index is 0.0141. The Labute approximate surface area is 263 Å². The first-order chi connectivity index (χ1) is 22.1. The van der Waals surface area contributed by atoms with Crippen molar-refractivity contribution in [3.8, 4) is 0 Å². The highest BCUT2D eigenvalue weighted by molar-refractivity contribution is 5.96. The molecule has 0 radical (unpaired) electrons. The predicted octanol–water partition coefficient (Wildman–Crippen LogP) is 4.56. The number of nitrogens with zero attached hydrogens (tertiary/aromatic N) is 5. The van der Waals surface area contributed by atoms with Gasteiger partial charge in [-0.2, -0.15) is 0 Å². The number of benzene rings is 2. The Morgan fingerprint density at radius 3 is 2.36 bits per heavy atom. The van der Waals surface area contributed by atoms with Crippen LogP contribution in [-0.2, 0) is 4.74 Å². The minimum Gasteiger partial charge on any atom is -0.378 e. The van der Waals surface area contributed by atoms with Crippen molar-refractivity contribution in [1.82, 2.24) is 25.2 Å². The number of aromatic amines is 1. The van der Waals surface area contributed by atoms with Crippen LogP contribution >= 0.6 is 0 Å². The minimum atomic E-state index is -0.0399. The highest BCUT2D eigenvalue weighted by atomic mass is 16.5. The molecule has 0 bridgehead atoms. The fourth-order valence-corrected chi connectivity index (χ4v) is 6.51. The van der Waals surface area contributed by atoms with Crippen molar-refractivity contribution in [2.24, 2.45) is 0 Å². The first-order valence-electron chi connectivity index (χ1n) is 16.1. The molecule has 1 atom stereocenters. The molecule has 234 valence electrons. The number of anilines is 4. The second-order valence-corrected chi connectivity index (χ2v) is 12.1. The number of nitrogens with one attached hydrogen (secondary N) is 3. The topological polar surface area (TPSA) is 119 Å². The molecule has 2 aromatic carbocycles. The maximum Gasteiger partial charge on any atom is 0.254 e. The summed E-state index contributed by atoms with van der Waals surface area (Å²) in [4.78, 5) is 45.2. The first kappa shape index (κ1) is 29.1. The number of carbonyl (C=O) groups excluding carboxylic acids is 2. The van der Waals surface area contributed by atoms with E-state index in [0.29, 0.717) is 49.8 Å². The fourth-order valence-electron chi connectivity index (χ4n) is 6.51. The van der Waals surface area contributed by atoms with E-state index in [1.165, 1.54) is 24.9 Å². The number of pyridine rings is 1. The van der Waals surface area contributed by atoms with E-state index in [2.05, 4.69) is 42.5 Å². The predicted molar refractivity (Wildman–Crippen MR) is 176 cm³/mol. The van der Waals surface area contributed by atoms with Crippen LogP contribution in [0.3, 0.4) is 0 Å². The second-order valence-electron chi connectivity index (χ2n) is 12.1. The maximum atomic E-state index is 13.2. The molecule has 2 amide bonds. The molecule has 1 unspecified atom stereocenters. The number of piperidine rings is 2. The van der Waals surface area contributed by atoms with Gasteiger partial charge >= 0.3 is 0 Å². The molecule has 3 saturated heterocycles. The van der Waals surface area contributed by atoms with Gasteiger partial charge in [0.2, 0.25) is 0 Å². The number of rotatable bonds is 7. The van der Waals surface area contributed by atoms with Gasteiger partial charge in [-0.15, -0.1) is 0 Å². The summed E-state index contributed by atoms with van der Waals surface area (Å²) >= 11 is 0. The standard InChI is InChI=1S/C34H40N8O3/c43-33(24-8-12-28(13-9-24)40-14-2-1-3-15-40)38-27-5-4-16-42(22-27)30-21-29-31(36-23-35-29)32(39-30)37-26-10-6-25(7-11-26)34(44)41-17-19-45-20-18-41/h6-13,21,23,27H,1-5,14-20,22H2,(H,35,36)(H,37,39)(H,38,43). The number of morpholine rings is 1. The van der Waals surface area contributed by atoms with Crippen molar-refractivity contribution in [2.45, 2.75) is 38.1 Å². The van der Waals surface area contributed by atoms with Crippen LogP contribution in [0.2, 0.25) is 0 Å². The summed E-state index contributed by atoms with van der Waals surface area (Å²) in [7, 11) is 0. The maximum absolute atomic E-state index is 13.2. The van der Waals surface area contributed by atoms with Gasteiger partial charge in [-0.05, 0) is 80.6 Å². The molecule has 7 rings (SSSR count). The molecule has 4 aromatic rings. The van der Waals surface area contributed by atoms with E-state index in [0.717, 1.165) is 55.0 Å². The molecule has 45 heavy (non-hydrogen) atoms. The SMILES string of the molecule is O=C(NC1CCCN(c2cc3[nH]cnc3c(Nc3ccc(C(=O)N4CCOCC4)cc3)n2)C1)c1ccc(N2CCCCC2)cc1. The van der Waals surface area contributed by atoms with Crippen LogP contribution in [0.4, 0.5) is 23.0 Å². The summed E-state index contributed by atoms with van der Waals surface area (Å²) in [6.07, 6.45) is 7.28. The molecule has 11 nitrogen and oxygen atoms in total. The summed E-state index contributed by atoms with van der Waals surface area (Å²) < 4.78 is 5.37. The number of hydrogen-bond donors (Lipinski definition) is 3. The molecule has 3 fully saturated rings. The summed E-state index contributed by atoms with van der Waals surface area (Å²) in [6.45, 7) is 6.06. The van der Waals surface area contributed by atoms with Gasteiger partial charge in [-0.25, -0.2) is 9.97 Å². The number of carbonyl (C=O) groups is 2. The number of H-pyrrole nitrogens is 1. The van der Waals surface area contributed by atoms with Crippen molar-refractivity contribution >= 4 is 45.9 Å². The van der Waals surface area contributed by atoms with Gasteiger partial charge in [0, 0.05) is 73.9 Å². The van der Waals surface area contributed by atoms with Gasteiger partial charge in [-0.3, -0.25) is 9.59 Å². The lowest BCUT2D eigenvalue weighted by molar-refractivity contribution is 0.0303. The largest absolute Gasteiger partial charge is 0.378 e. The summed E-state index contributed by atoms with van der Waals surface area (Å²) in [5, 5.41) is 6.68. The quantitative estimate of drug-likeness (QED) is 0.280. The molecule has 0 saturated carbocycles. The number of amides is 2. The molecule has 3 N–H and O–H groups in total. The Balaban J connectivity index is 1.02. The van der Waals surface area contributed by atoms with Crippen LogP contribution < -0.4 is 20.4 Å². The van der Waals surface area contributed by atoms with Gasteiger partial charge in [0.05, 0.1) is 25.1 Å². The lowest BCUT2D eigenvalue weighted by Gasteiger charge is -2.34. The highest BCUT2D eigenvalue weighted by Crippen LogP contribution is 2.29. The van der Waals surface area contributed by atoms with Crippen molar-refractivity contribution in [3.63, 3.8) is 0 Å². The van der Waals surface area contributed by atoms with Crippen LogP contribution in [0.1, 0.15) is 52.8 Å². The van der Waals surface area contributed by atoms with E-state index >= 15 is 0 Å². The summed E-state index contributed by atoms with van der Waals surface area (Å²) in [5.74, 6) is 1.43. The van der Waals surface area contributed by atoms with E-state index in [1.54, 1.807) is 6.33 Å². The van der Waals surface area contributed by atoms with E-state index in [-0.39, 0.29) is 17.9 Å². The van der Waals surface area contributed by atoms with Crippen molar-refractivity contribution in [3.05, 3.63) is 72.1 Å². The molecule has 0 aliphatic carbocycles. The van der Waals surface area contributed by atoms with Crippen LogP contribution in [0.25, 0.3) is 11.0 Å². The zero-order valence-electron chi connectivity index (χ0n) is 25.5. The smallest absolute Gasteiger partial charge is 0.254 e.